The average Bonchev–Trinajstić information content (AvgIpc) is 3.02. The third kappa shape index (κ3) is 4.40. The van der Waals surface area contributed by atoms with E-state index in [1.54, 1.807) is 13.4 Å². The van der Waals surface area contributed by atoms with Crippen molar-refractivity contribution in [1.82, 2.24) is 25.4 Å². The highest BCUT2D eigenvalue weighted by atomic mass is 127. The number of rotatable bonds is 3. The number of benzene rings is 1. The van der Waals surface area contributed by atoms with Crippen molar-refractivity contribution in [1.29, 1.82) is 0 Å². The van der Waals surface area contributed by atoms with Gasteiger partial charge in [0, 0.05) is 31.6 Å². The molecule has 0 saturated carbocycles. The maximum Gasteiger partial charge on any atom is 0.191 e. The molecule has 9 heteroatoms. The van der Waals surface area contributed by atoms with Gasteiger partial charge in [0.05, 0.1) is 6.54 Å². The van der Waals surface area contributed by atoms with Crippen molar-refractivity contribution in [2.24, 2.45) is 4.99 Å². The van der Waals surface area contributed by atoms with Gasteiger partial charge in [-0.15, -0.1) is 24.0 Å². The van der Waals surface area contributed by atoms with E-state index in [4.69, 9.17) is 0 Å². The number of guanidine groups is 1. The first-order valence-electron chi connectivity index (χ1n) is 7.43. The predicted octanol–water partition coefficient (Wildman–Crippen LogP) is 1.85. The van der Waals surface area contributed by atoms with E-state index in [0.29, 0.717) is 12.5 Å². The molecule has 3 rings (SSSR count). The second-order valence-electron chi connectivity index (χ2n) is 5.40. The molecule has 0 fully saturated rings. The van der Waals surface area contributed by atoms with Crippen molar-refractivity contribution >= 4 is 29.9 Å². The standard InChI is InChI=1S/C15H18F2N6.HI/c1-18-15(19-7-10-6-11(16)2-4-13(10)17)22-12-3-5-14-20-9-21-23(14)8-12;/h2,4,6,9,12H,3,5,7-8H2,1H3,(H2,18,19,22);1H. The summed E-state index contributed by atoms with van der Waals surface area (Å²) in [5.74, 6) is 0.617. The van der Waals surface area contributed by atoms with Crippen molar-refractivity contribution in [3.05, 3.63) is 47.5 Å². The van der Waals surface area contributed by atoms with Crippen LogP contribution in [0, 0.1) is 11.6 Å². The number of hydrogen-bond donors (Lipinski definition) is 2. The van der Waals surface area contributed by atoms with E-state index < -0.39 is 11.6 Å². The van der Waals surface area contributed by atoms with E-state index >= 15 is 0 Å². The van der Waals surface area contributed by atoms with Crippen molar-refractivity contribution in [2.45, 2.75) is 32.0 Å². The van der Waals surface area contributed by atoms with E-state index in [2.05, 4.69) is 25.7 Å². The molecular weight excluding hydrogens is 429 g/mol. The molecule has 1 aromatic heterocycles. The molecule has 0 amide bonds. The molecule has 2 N–H and O–H groups in total. The van der Waals surface area contributed by atoms with Gasteiger partial charge in [0.15, 0.2) is 5.96 Å². The lowest BCUT2D eigenvalue weighted by molar-refractivity contribution is 0.392. The molecule has 2 heterocycles. The fourth-order valence-electron chi connectivity index (χ4n) is 2.60. The number of hydrogen-bond acceptors (Lipinski definition) is 3. The van der Waals surface area contributed by atoms with Gasteiger partial charge >= 0.3 is 0 Å². The van der Waals surface area contributed by atoms with Gasteiger partial charge in [-0.25, -0.2) is 18.4 Å². The third-order valence-corrected chi connectivity index (χ3v) is 3.82. The zero-order chi connectivity index (χ0) is 16.2. The number of aryl methyl sites for hydroxylation is 1. The van der Waals surface area contributed by atoms with Gasteiger partial charge in [0.2, 0.25) is 0 Å². The lowest BCUT2D eigenvalue weighted by atomic mass is 10.1. The van der Waals surface area contributed by atoms with Crippen LogP contribution >= 0.6 is 24.0 Å². The maximum atomic E-state index is 13.6. The molecule has 0 aliphatic carbocycles. The molecule has 2 aromatic rings. The summed E-state index contributed by atoms with van der Waals surface area (Å²) in [6.45, 7) is 0.856. The van der Waals surface area contributed by atoms with E-state index in [9.17, 15) is 8.78 Å². The molecule has 1 aliphatic heterocycles. The first kappa shape index (κ1) is 18.6. The topological polar surface area (TPSA) is 67.1 Å². The van der Waals surface area contributed by atoms with Crippen LogP contribution < -0.4 is 10.6 Å². The quantitative estimate of drug-likeness (QED) is 0.428. The Morgan fingerprint density at radius 2 is 2.25 bits per heavy atom. The van der Waals surface area contributed by atoms with Crippen molar-refractivity contribution < 1.29 is 8.78 Å². The highest BCUT2D eigenvalue weighted by Gasteiger charge is 2.20. The predicted molar refractivity (Wildman–Crippen MR) is 97.2 cm³/mol. The molecule has 1 atom stereocenters. The number of aromatic nitrogens is 3. The summed E-state index contributed by atoms with van der Waals surface area (Å²) >= 11 is 0. The average molecular weight is 448 g/mol. The largest absolute Gasteiger partial charge is 0.352 e. The minimum absolute atomic E-state index is 0. The summed E-state index contributed by atoms with van der Waals surface area (Å²) < 4.78 is 28.7. The van der Waals surface area contributed by atoms with Crippen LogP contribution in [0.5, 0.6) is 0 Å². The van der Waals surface area contributed by atoms with Crippen LogP contribution in [0.25, 0.3) is 0 Å². The second kappa shape index (κ2) is 8.36. The van der Waals surface area contributed by atoms with Crippen LogP contribution in [-0.2, 0) is 19.5 Å². The van der Waals surface area contributed by atoms with Crippen LogP contribution in [0.1, 0.15) is 17.8 Å². The Labute approximate surface area is 155 Å². The lowest BCUT2D eigenvalue weighted by Crippen LogP contribution is -2.46. The Bertz CT molecular complexity index is 718. The fourth-order valence-corrected chi connectivity index (χ4v) is 2.60. The maximum absolute atomic E-state index is 13.6. The molecule has 0 radical (unpaired) electrons. The van der Waals surface area contributed by atoms with Gasteiger partial charge in [-0.05, 0) is 24.6 Å². The van der Waals surface area contributed by atoms with Gasteiger partial charge in [-0.2, -0.15) is 5.10 Å². The van der Waals surface area contributed by atoms with Crippen LogP contribution in [-0.4, -0.2) is 33.8 Å². The smallest absolute Gasteiger partial charge is 0.191 e. The number of aliphatic imine (C=N–C) groups is 1. The van der Waals surface area contributed by atoms with E-state index in [1.807, 2.05) is 4.68 Å². The van der Waals surface area contributed by atoms with Crippen molar-refractivity contribution in [2.75, 3.05) is 7.05 Å². The minimum atomic E-state index is -0.461. The Hall–Kier alpha value is -1.78. The summed E-state index contributed by atoms with van der Waals surface area (Å²) in [6, 6.07) is 3.56. The van der Waals surface area contributed by atoms with Gasteiger partial charge in [-0.1, -0.05) is 0 Å². The fraction of sp³-hybridized carbons (Fsp3) is 0.400. The molecule has 0 bridgehead atoms. The summed E-state index contributed by atoms with van der Waals surface area (Å²) in [5, 5.41) is 10.4. The molecule has 1 aromatic carbocycles. The van der Waals surface area contributed by atoms with Crippen LogP contribution in [0.4, 0.5) is 8.78 Å². The van der Waals surface area contributed by atoms with Gasteiger partial charge in [0.25, 0.3) is 0 Å². The van der Waals surface area contributed by atoms with E-state index in [1.165, 1.54) is 6.07 Å². The molecule has 1 unspecified atom stereocenters. The van der Waals surface area contributed by atoms with Crippen LogP contribution in [0.2, 0.25) is 0 Å². The summed E-state index contributed by atoms with van der Waals surface area (Å²) in [7, 11) is 1.64. The van der Waals surface area contributed by atoms with Crippen LogP contribution in [0.3, 0.4) is 0 Å². The highest BCUT2D eigenvalue weighted by Crippen LogP contribution is 2.12. The SMILES string of the molecule is CN=C(NCc1cc(F)ccc1F)NC1CCc2ncnn2C1.I. The highest BCUT2D eigenvalue weighted by molar-refractivity contribution is 14.0. The molecule has 0 saturated heterocycles. The second-order valence-corrected chi connectivity index (χ2v) is 5.40. The third-order valence-electron chi connectivity index (χ3n) is 3.82. The number of nitrogens with one attached hydrogen (secondary N) is 2. The Morgan fingerprint density at radius 1 is 1.42 bits per heavy atom. The minimum Gasteiger partial charge on any atom is -0.352 e. The zero-order valence-electron chi connectivity index (χ0n) is 13.2. The summed E-state index contributed by atoms with van der Waals surface area (Å²) in [5.41, 5.74) is 0.259. The molecule has 6 nitrogen and oxygen atoms in total. The monoisotopic (exact) mass is 448 g/mol. The lowest BCUT2D eigenvalue weighted by Gasteiger charge is -2.25. The Balaban J connectivity index is 0.00000208. The van der Waals surface area contributed by atoms with Gasteiger partial charge in [0.1, 0.15) is 23.8 Å². The van der Waals surface area contributed by atoms with Gasteiger partial charge < -0.3 is 10.6 Å². The molecule has 1 aliphatic rings. The number of halogens is 3. The number of nitrogens with zero attached hydrogens (tertiary/aromatic N) is 4. The first-order chi connectivity index (χ1) is 11.2. The van der Waals surface area contributed by atoms with Gasteiger partial charge in [-0.3, -0.25) is 4.99 Å². The normalized spacial score (nSPS) is 17.0. The number of fused-ring (bicyclic) bond motifs is 1. The molecule has 0 spiro atoms. The Kier molecular flexibility index (Phi) is 6.46. The summed E-state index contributed by atoms with van der Waals surface area (Å²) in [6.07, 6.45) is 3.30. The molecule has 24 heavy (non-hydrogen) atoms. The van der Waals surface area contributed by atoms with Crippen molar-refractivity contribution in [3.8, 4) is 0 Å². The first-order valence-corrected chi connectivity index (χ1v) is 7.43. The summed E-state index contributed by atoms with van der Waals surface area (Å²) in [4.78, 5) is 8.31. The molecule has 130 valence electrons. The molecular formula is C15H19F2IN6. The zero-order valence-corrected chi connectivity index (χ0v) is 15.5. The Morgan fingerprint density at radius 3 is 3.04 bits per heavy atom. The van der Waals surface area contributed by atoms with Crippen molar-refractivity contribution in [3.63, 3.8) is 0 Å². The van der Waals surface area contributed by atoms with Crippen LogP contribution in [0.15, 0.2) is 29.5 Å². The van der Waals surface area contributed by atoms with E-state index in [0.717, 1.165) is 30.8 Å². The van der Waals surface area contributed by atoms with E-state index in [-0.39, 0.29) is 42.1 Å².